The Kier molecular flexibility index (Phi) is 5.47. The lowest BCUT2D eigenvalue weighted by molar-refractivity contribution is -0.159. The van der Waals surface area contributed by atoms with E-state index in [0.29, 0.717) is 6.42 Å². The molecule has 0 saturated heterocycles. The average Bonchev–Trinajstić information content (AvgIpc) is 2.45. The van der Waals surface area contributed by atoms with Gasteiger partial charge in [0.2, 0.25) is 5.78 Å². The van der Waals surface area contributed by atoms with Crippen molar-refractivity contribution in [1.29, 1.82) is 0 Å². The topological polar surface area (TPSA) is 80.7 Å². The highest BCUT2D eigenvalue weighted by atomic mass is 16.6. The van der Waals surface area contributed by atoms with E-state index >= 15 is 0 Å². The van der Waals surface area contributed by atoms with Crippen LogP contribution in [-0.2, 0) is 19.1 Å². The van der Waals surface area contributed by atoms with Crippen LogP contribution < -0.4 is 0 Å². The first-order valence-corrected chi connectivity index (χ1v) is 7.19. The molecule has 0 spiro atoms. The molecule has 0 aliphatic heterocycles. The van der Waals surface area contributed by atoms with Gasteiger partial charge in [0.05, 0.1) is 5.57 Å². The molecule has 5 heteroatoms. The molecule has 0 fully saturated rings. The van der Waals surface area contributed by atoms with Gasteiger partial charge in [0, 0.05) is 18.9 Å². The molecule has 0 radical (unpaired) electrons. The van der Waals surface area contributed by atoms with Gasteiger partial charge in [0.25, 0.3) is 0 Å². The molecule has 5 nitrogen and oxygen atoms in total. The highest BCUT2D eigenvalue weighted by molar-refractivity contribution is 6.11. The van der Waals surface area contributed by atoms with Gasteiger partial charge in [-0.3, -0.25) is 14.4 Å². The number of ketones is 2. The summed E-state index contributed by atoms with van der Waals surface area (Å²) in [6.07, 6.45) is 3.35. The minimum atomic E-state index is -1.49. The van der Waals surface area contributed by atoms with Crippen LogP contribution in [0.25, 0.3) is 0 Å². The SMILES string of the molecule is CCCCC(=O)C1=CC(CC)(OC(C)=O)C(=O)C(C)=C1O. The number of aliphatic hydroxyl groups excluding tert-OH is 1. The van der Waals surface area contributed by atoms with Crippen molar-refractivity contribution in [2.24, 2.45) is 0 Å². The quantitative estimate of drug-likeness (QED) is 0.762. The van der Waals surface area contributed by atoms with E-state index in [4.69, 9.17) is 4.74 Å². The smallest absolute Gasteiger partial charge is 0.303 e. The van der Waals surface area contributed by atoms with E-state index in [-0.39, 0.29) is 35.5 Å². The van der Waals surface area contributed by atoms with Crippen LogP contribution in [0, 0.1) is 0 Å². The first-order chi connectivity index (χ1) is 9.79. The summed E-state index contributed by atoms with van der Waals surface area (Å²) in [5, 5.41) is 10.1. The molecule has 1 unspecified atom stereocenters. The summed E-state index contributed by atoms with van der Waals surface area (Å²) in [4.78, 5) is 35.8. The molecule has 0 heterocycles. The zero-order valence-corrected chi connectivity index (χ0v) is 13.0. The van der Waals surface area contributed by atoms with Gasteiger partial charge in [-0.1, -0.05) is 20.3 Å². The first kappa shape index (κ1) is 17.1. The largest absolute Gasteiger partial charge is 0.507 e. The van der Waals surface area contributed by atoms with Crippen LogP contribution in [0.5, 0.6) is 0 Å². The number of hydrogen-bond donors (Lipinski definition) is 1. The highest BCUT2D eigenvalue weighted by Gasteiger charge is 2.44. The fourth-order valence-electron chi connectivity index (χ4n) is 2.35. The van der Waals surface area contributed by atoms with Crippen molar-refractivity contribution in [1.82, 2.24) is 0 Å². The fourth-order valence-corrected chi connectivity index (χ4v) is 2.35. The van der Waals surface area contributed by atoms with Crippen LogP contribution in [0.1, 0.15) is 53.4 Å². The van der Waals surface area contributed by atoms with Crippen LogP contribution >= 0.6 is 0 Å². The lowest BCUT2D eigenvalue weighted by Crippen LogP contribution is -2.44. The summed E-state index contributed by atoms with van der Waals surface area (Å²) in [6.45, 7) is 6.31. The van der Waals surface area contributed by atoms with Crippen LogP contribution in [0.4, 0.5) is 0 Å². The number of allylic oxidation sites excluding steroid dienone is 1. The van der Waals surface area contributed by atoms with Crippen molar-refractivity contribution in [3.05, 3.63) is 23.0 Å². The van der Waals surface area contributed by atoms with Gasteiger partial charge in [-0.2, -0.15) is 0 Å². The summed E-state index contributed by atoms with van der Waals surface area (Å²) in [5.74, 6) is -1.63. The lowest BCUT2D eigenvalue weighted by atomic mass is 9.81. The number of carbonyl (C=O) groups is 3. The van der Waals surface area contributed by atoms with Gasteiger partial charge in [-0.25, -0.2) is 0 Å². The number of aliphatic hydroxyl groups is 1. The predicted octanol–water partition coefficient (Wildman–Crippen LogP) is 2.80. The van der Waals surface area contributed by atoms with Crippen molar-refractivity contribution in [2.75, 3.05) is 0 Å². The Bertz CT molecular complexity index is 527. The van der Waals surface area contributed by atoms with E-state index in [1.165, 1.54) is 19.9 Å². The molecule has 0 aromatic heterocycles. The molecular formula is C16H22O5. The Morgan fingerprint density at radius 2 is 1.95 bits per heavy atom. The third-order valence-corrected chi connectivity index (χ3v) is 3.62. The summed E-state index contributed by atoms with van der Waals surface area (Å²) < 4.78 is 5.18. The zero-order valence-electron chi connectivity index (χ0n) is 13.0. The van der Waals surface area contributed by atoms with Crippen molar-refractivity contribution in [2.45, 2.75) is 59.0 Å². The van der Waals surface area contributed by atoms with Gasteiger partial charge in [-0.15, -0.1) is 0 Å². The maximum Gasteiger partial charge on any atom is 0.303 e. The zero-order chi connectivity index (χ0) is 16.2. The second kappa shape index (κ2) is 6.70. The van der Waals surface area contributed by atoms with Crippen molar-refractivity contribution in [3.8, 4) is 0 Å². The third kappa shape index (κ3) is 3.40. The Labute approximate surface area is 124 Å². The lowest BCUT2D eigenvalue weighted by Gasteiger charge is -2.32. The van der Waals surface area contributed by atoms with Crippen LogP contribution in [0.15, 0.2) is 23.0 Å². The fraction of sp³-hybridized carbons (Fsp3) is 0.562. The number of esters is 1. The molecule has 1 aliphatic carbocycles. The number of rotatable bonds is 6. The molecule has 1 aliphatic rings. The highest BCUT2D eigenvalue weighted by Crippen LogP contribution is 2.33. The van der Waals surface area contributed by atoms with Crippen LogP contribution in [-0.4, -0.2) is 28.2 Å². The van der Waals surface area contributed by atoms with E-state index < -0.39 is 17.4 Å². The number of Topliss-reactive ketones (excluding diaryl/α,β-unsaturated/α-hetero) is 2. The van der Waals surface area contributed by atoms with Gasteiger partial charge in [-0.05, 0) is 25.8 Å². The van der Waals surface area contributed by atoms with E-state index in [1.54, 1.807) is 6.92 Å². The van der Waals surface area contributed by atoms with Crippen molar-refractivity contribution in [3.63, 3.8) is 0 Å². The predicted molar refractivity (Wildman–Crippen MR) is 77.7 cm³/mol. The summed E-state index contributed by atoms with van der Waals surface area (Å²) >= 11 is 0. The normalized spacial score (nSPS) is 22.1. The van der Waals surface area contributed by atoms with Gasteiger partial charge < -0.3 is 9.84 Å². The molecule has 0 aromatic rings. The Balaban J connectivity index is 3.29. The summed E-state index contributed by atoms with van der Waals surface area (Å²) in [6, 6.07) is 0. The molecule has 0 saturated carbocycles. The van der Waals surface area contributed by atoms with Gasteiger partial charge in [0.15, 0.2) is 11.4 Å². The number of ether oxygens (including phenoxy) is 1. The average molecular weight is 294 g/mol. The van der Waals surface area contributed by atoms with Crippen LogP contribution in [0.3, 0.4) is 0 Å². The minimum absolute atomic E-state index is 0.0560. The molecule has 0 aromatic carbocycles. The maximum atomic E-state index is 12.4. The van der Waals surface area contributed by atoms with Gasteiger partial charge >= 0.3 is 5.97 Å². The molecular weight excluding hydrogens is 272 g/mol. The minimum Gasteiger partial charge on any atom is -0.507 e. The third-order valence-electron chi connectivity index (χ3n) is 3.62. The monoisotopic (exact) mass is 294 g/mol. The Morgan fingerprint density at radius 1 is 1.33 bits per heavy atom. The Hall–Kier alpha value is -1.91. The number of unbranched alkanes of at least 4 members (excludes halogenated alkanes) is 1. The van der Waals surface area contributed by atoms with Crippen molar-refractivity contribution < 1.29 is 24.2 Å². The summed E-state index contributed by atoms with van der Waals surface area (Å²) in [5.41, 5.74) is -1.36. The molecule has 0 bridgehead atoms. The van der Waals surface area contributed by atoms with Crippen molar-refractivity contribution >= 4 is 17.5 Å². The molecule has 0 amide bonds. The van der Waals surface area contributed by atoms with E-state index in [9.17, 15) is 19.5 Å². The molecule has 1 N–H and O–H groups in total. The van der Waals surface area contributed by atoms with E-state index in [1.807, 2.05) is 6.92 Å². The maximum absolute atomic E-state index is 12.4. The van der Waals surface area contributed by atoms with Gasteiger partial charge in [0.1, 0.15) is 5.76 Å². The number of carbonyl (C=O) groups excluding carboxylic acids is 3. The molecule has 1 atom stereocenters. The number of hydrogen-bond acceptors (Lipinski definition) is 5. The molecule has 116 valence electrons. The first-order valence-electron chi connectivity index (χ1n) is 7.19. The molecule has 21 heavy (non-hydrogen) atoms. The Morgan fingerprint density at radius 3 is 2.43 bits per heavy atom. The molecule has 1 rings (SSSR count). The van der Waals surface area contributed by atoms with E-state index in [0.717, 1.165) is 6.42 Å². The summed E-state index contributed by atoms with van der Waals surface area (Å²) in [7, 11) is 0. The second-order valence-electron chi connectivity index (χ2n) is 5.22. The van der Waals surface area contributed by atoms with Crippen LogP contribution in [0.2, 0.25) is 0 Å². The second-order valence-corrected chi connectivity index (χ2v) is 5.22. The standard InChI is InChI=1S/C16H22O5/c1-5-7-8-13(18)12-9-16(6-2,21-11(4)17)15(20)10(3)14(12)19/h9,19H,5-8H2,1-4H3. The van der Waals surface area contributed by atoms with E-state index in [2.05, 4.69) is 0 Å².